The standard InChI is InChI=1S/CH4O.Ni.H2O/c1-2;;/h2H,1H3;;1H2. The summed E-state index contributed by atoms with van der Waals surface area (Å²) in [6.07, 6.45) is 0. The third-order valence-corrected chi connectivity index (χ3v) is 0. The van der Waals surface area contributed by atoms with Gasteiger partial charge in [-0.3, -0.25) is 0 Å². The summed E-state index contributed by atoms with van der Waals surface area (Å²) in [5.74, 6) is 0. The Kier molecular flexibility index (Phi) is 748. The smallest absolute Gasteiger partial charge is 0.0319 e. The first-order valence-corrected chi connectivity index (χ1v) is 0.447. The van der Waals surface area contributed by atoms with Gasteiger partial charge < -0.3 is 10.6 Å². The number of rotatable bonds is 0. The summed E-state index contributed by atoms with van der Waals surface area (Å²) in [4.78, 5) is 0. The molecule has 0 radical (unpaired) electrons. The summed E-state index contributed by atoms with van der Waals surface area (Å²) < 4.78 is 0. The van der Waals surface area contributed by atoms with Crippen LogP contribution in [-0.2, 0) is 16.5 Å². The molecule has 32 valence electrons. The van der Waals surface area contributed by atoms with E-state index in [9.17, 15) is 0 Å². The molecule has 0 saturated carbocycles. The van der Waals surface area contributed by atoms with Crippen molar-refractivity contribution in [2.24, 2.45) is 0 Å². The summed E-state index contributed by atoms with van der Waals surface area (Å²) in [6.45, 7) is 0. The molecule has 0 bridgehead atoms. The minimum absolute atomic E-state index is 0. The molecule has 0 aliphatic heterocycles. The fourth-order valence-electron chi connectivity index (χ4n) is 0. The van der Waals surface area contributed by atoms with Crippen molar-refractivity contribution in [3.63, 3.8) is 0 Å². The van der Waals surface area contributed by atoms with Crippen LogP contribution in [0, 0.1) is 0 Å². The molecule has 3 N–H and O–H groups in total. The second-order valence-corrected chi connectivity index (χ2v) is 0. The first-order valence-electron chi connectivity index (χ1n) is 0.447. The molecule has 0 aromatic carbocycles. The van der Waals surface area contributed by atoms with E-state index >= 15 is 0 Å². The normalized spacial score (nSPS) is 1.50. The third-order valence-electron chi connectivity index (χ3n) is 0. The number of aliphatic hydroxyl groups excluding tert-OH is 1. The fourth-order valence-corrected chi connectivity index (χ4v) is 0. The van der Waals surface area contributed by atoms with Crippen LogP contribution >= 0.6 is 0 Å². The summed E-state index contributed by atoms with van der Waals surface area (Å²) >= 11 is 0. The zero-order valence-corrected chi connectivity index (χ0v) is 3.25. The van der Waals surface area contributed by atoms with E-state index in [1.807, 2.05) is 0 Å². The van der Waals surface area contributed by atoms with Crippen molar-refractivity contribution in [3.05, 3.63) is 0 Å². The summed E-state index contributed by atoms with van der Waals surface area (Å²) in [7, 11) is 1.00. The van der Waals surface area contributed by atoms with Crippen LogP contribution in [0.1, 0.15) is 0 Å². The van der Waals surface area contributed by atoms with Crippen molar-refractivity contribution >= 4 is 0 Å². The van der Waals surface area contributed by atoms with Crippen molar-refractivity contribution < 1.29 is 27.1 Å². The van der Waals surface area contributed by atoms with Crippen molar-refractivity contribution in [1.29, 1.82) is 0 Å². The average molecular weight is 109 g/mol. The topological polar surface area (TPSA) is 51.7 Å². The second-order valence-electron chi connectivity index (χ2n) is 0. The molecule has 0 aromatic heterocycles. The predicted molar refractivity (Wildman–Crippen MR) is 11.8 cm³/mol. The van der Waals surface area contributed by atoms with Crippen molar-refractivity contribution in [3.8, 4) is 0 Å². The molecular formula is CH6NiO2. The van der Waals surface area contributed by atoms with Gasteiger partial charge in [-0.2, -0.15) is 0 Å². The molecule has 2 nitrogen and oxygen atoms in total. The minimum Gasteiger partial charge on any atom is -0.412 e. The maximum absolute atomic E-state index is 7.00. The largest absolute Gasteiger partial charge is 0.412 e. The molecule has 0 aliphatic rings. The van der Waals surface area contributed by atoms with E-state index in [0.29, 0.717) is 0 Å². The van der Waals surface area contributed by atoms with E-state index < -0.39 is 0 Å². The maximum atomic E-state index is 7.00. The molecule has 0 saturated heterocycles. The van der Waals surface area contributed by atoms with E-state index in [1.54, 1.807) is 0 Å². The molecule has 0 atom stereocenters. The zero-order valence-electron chi connectivity index (χ0n) is 2.26. The predicted octanol–water partition coefficient (Wildman–Crippen LogP) is -1.22. The molecule has 0 aliphatic carbocycles. The Morgan fingerprint density at radius 3 is 1.25 bits per heavy atom. The van der Waals surface area contributed by atoms with Gasteiger partial charge in [0.2, 0.25) is 0 Å². The molecular weight excluding hydrogens is 103 g/mol. The monoisotopic (exact) mass is 108 g/mol. The zero-order chi connectivity index (χ0) is 2.00. The summed E-state index contributed by atoms with van der Waals surface area (Å²) in [6, 6.07) is 0. The maximum Gasteiger partial charge on any atom is 0.0319 e. The quantitative estimate of drug-likeness (QED) is 0.389. The number of hydrogen-bond acceptors (Lipinski definition) is 1. The Bertz CT molecular complexity index is 6.00. The van der Waals surface area contributed by atoms with Crippen molar-refractivity contribution in [2.45, 2.75) is 0 Å². The Balaban J connectivity index is -0.00000000500. The van der Waals surface area contributed by atoms with Crippen LogP contribution in [0.5, 0.6) is 0 Å². The van der Waals surface area contributed by atoms with Gasteiger partial charge in [0, 0.05) is 23.6 Å². The third kappa shape index (κ3) is 28.2. The molecule has 0 spiro atoms. The van der Waals surface area contributed by atoms with Crippen molar-refractivity contribution in [2.75, 3.05) is 7.11 Å². The summed E-state index contributed by atoms with van der Waals surface area (Å²) in [5, 5.41) is 7.00. The Labute approximate surface area is 35.1 Å². The molecule has 0 unspecified atom stereocenters. The van der Waals surface area contributed by atoms with E-state index in [1.165, 1.54) is 0 Å². The van der Waals surface area contributed by atoms with Gasteiger partial charge in [0.15, 0.2) is 0 Å². The number of aliphatic hydroxyl groups is 1. The second kappa shape index (κ2) is 116. The van der Waals surface area contributed by atoms with Crippen molar-refractivity contribution in [1.82, 2.24) is 0 Å². The number of hydrogen-bond donors (Lipinski definition) is 1. The van der Waals surface area contributed by atoms with Crippen LogP contribution in [0.4, 0.5) is 0 Å². The van der Waals surface area contributed by atoms with Gasteiger partial charge in [-0.25, -0.2) is 0 Å². The minimum atomic E-state index is 0. The summed E-state index contributed by atoms with van der Waals surface area (Å²) in [5.41, 5.74) is 0. The fraction of sp³-hybridized carbons (Fsp3) is 1.00. The Morgan fingerprint density at radius 1 is 1.25 bits per heavy atom. The Morgan fingerprint density at radius 2 is 1.25 bits per heavy atom. The average Bonchev–Trinajstić information content (AvgIpc) is 1.00. The first-order chi connectivity index (χ1) is 1.00. The van der Waals surface area contributed by atoms with Gasteiger partial charge >= 0.3 is 0 Å². The molecule has 0 aromatic rings. The molecule has 3 heteroatoms. The van der Waals surface area contributed by atoms with Crippen LogP contribution in [0.3, 0.4) is 0 Å². The van der Waals surface area contributed by atoms with Crippen LogP contribution < -0.4 is 0 Å². The van der Waals surface area contributed by atoms with Gasteiger partial charge in [-0.1, -0.05) is 0 Å². The SMILES string of the molecule is CO.O.[Ni]. The first kappa shape index (κ1) is 25.7. The van der Waals surface area contributed by atoms with E-state index in [-0.39, 0.29) is 22.0 Å². The molecule has 0 fully saturated rings. The van der Waals surface area contributed by atoms with Gasteiger partial charge in [0.1, 0.15) is 0 Å². The van der Waals surface area contributed by atoms with Crippen LogP contribution in [0.2, 0.25) is 0 Å². The molecule has 0 heterocycles. The molecule has 0 amide bonds. The van der Waals surface area contributed by atoms with Gasteiger partial charge in [-0.05, 0) is 0 Å². The van der Waals surface area contributed by atoms with E-state index in [0.717, 1.165) is 7.11 Å². The molecule has 0 rings (SSSR count). The van der Waals surface area contributed by atoms with Gasteiger partial charge in [0.25, 0.3) is 0 Å². The van der Waals surface area contributed by atoms with Crippen LogP contribution in [0.25, 0.3) is 0 Å². The van der Waals surface area contributed by atoms with E-state index in [2.05, 4.69) is 0 Å². The van der Waals surface area contributed by atoms with Gasteiger partial charge in [-0.15, -0.1) is 0 Å². The Hall–Kier alpha value is 0.414. The van der Waals surface area contributed by atoms with E-state index in [4.69, 9.17) is 5.11 Å². The van der Waals surface area contributed by atoms with Crippen LogP contribution in [-0.4, -0.2) is 17.7 Å². The van der Waals surface area contributed by atoms with Gasteiger partial charge in [0.05, 0.1) is 0 Å². The molecule has 4 heavy (non-hydrogen) atoms. The van der Waals surface area contributed by atoms with Crippen LogP contribution in [0.15, 0.2) is 0 Å².